The highest BCUT2D eigenvalue weighted by Crippen LogP contribution is 2.09. The number of hydrazine groups is 1. The van der Waals surface area contributed by atoms with Gasteiger partial charge in [-0.15, -0.1) is 0 Å². The van der Waals surface area contributed by atoms with E-state index in [1.807, 2.05) is 44.2 Å². The van der Waals surface area contributed by atoms with E-state index in [1.165, 1.54) is 0 Å². The lowest BCUT2D eigenvalue weighted by Gasteiger charge is -2.27. The van der Waals surface area contributed by atoms with Crippen LogP contribution < -0.4 is 26.1 Å². The Morgan fingerprint density at radius 3 is 2.50 bits per heavy atom. The molecule has 1 radical (unpaired) electrons. The van der Waals surface area contributed by atoms with E-state index in [2.05, 4.69) is 16.0 Å². The van der Waals surface area contributed by atoms with Gasteiger partial charge in [-0.2, -0.15) is 0 Å². The zero-order valence-corrected chi connectivity index (χ0v) is 18.7. The van der Waals surface area contributed by atoms with E-state index in [0.717, 1.165) is 0 Å². The topological polar surface area (TPSA) is 158 Å². The number of nitro groups is 1. The average molecular weight is 450 g/mol. The molecule has 1 aromatic carbocycles. The standard InChI is InChI=1S/C21H33N6O5/c1-4-17(24-21(22)26-27(30)31)19(20(29)23-13-12-15(2)3)25-18(28)11-8-14-32-16-9-6-5-7-10-16/h5-7,9-10,13,15,17,19H,4,8,11-12,14H2,1-3H3,(H,23,29)(H,25,28)(H3,22,24,26)/t17?,19-/m0/s1. The van der Waals surface area contributed by atoms with Crippen LogP contribution in [0, 0.1) is 28.0 Å². The first-order valence-electron chi connectivity index (χ1n) is 10.6. The molecule has 0 saturated heterocycles. The Bertz CT molecular complexity index is 743. The number of amides is 2. The summed E-state index contributed by atoms with van der Waals surface area (Å²) in [5.41, 5.74) is 1.70. The zero-order valence-electron chi connectivity index (χ0n) is 18.7. The first-order chi connectivity index (χ1) is 15.2. The third kappa shape index (κ3) is 11.1. The van der Waals surface area contributed by atoms with Gasteiger partial charge in [-0.05, 0) is 37.3 Å². The first-order valence-corrected chi connectivity index (χ1v) is 10.6. The molecule has 0 aliphatic carbocycles. The number of hydrogen-bond donors (Lipinski definition) is 5. The van der Waals surface area contributed by atoms with Gasteiger partial charge in [-0.1, -0.05) is 44.4 Å². The van der Waals surface area contributed by atoms with E-state index in [0.29, 0.717) is 37.5 Å². The fourth-order valence-corrected chi connectivity index (χ4v) is 2.75. The van der Waals surface area contributed by atoms with Crippen LogP contribution in [0.3, 0.4) is 0 Å². The van der Waals surface area contributed by atoms with Crippen LogP contribution >= 0.6 is 0 Å². The van der Waals surface area contributed by atoms with Gasteiger partial charge >= 0.3 is 0 Å². The molecule has 177 valence electrons. The Morgan fingerprint density at radius 1 is 1.22 bits per heavy atom. The summed E-state index contributed by atoms with van der Waals surface area (Å²) in [4.78, 5) is 35.8. The molecule has 32 heavy (non-hydrogen) atoms. The highest BCUT2D eigenvalue weighted by Gasteiger charge is 2.30. The minimum Gasteiger partial charge on any atom is -0.494 e. The predicted octanol–water partition coefficient (Wildman–Crippen LogP) is 1.74. The van der Waals surface area contributed by atoms with Gasteiger partial charge in [0.1, 0.15) is 11.8 Å². The Hall–Kier alpha value is -3.37. The van der Waals surface area contributed by atoms with E-state index >= 15 is 0 Å². The third-order valence-corrected chi connectivity index (χ3v) is 4.37. The fraction of sp³-hybridized carbons (Fsp3) is 0.524. The molecule has 11 nitrogen and oxygen atoms in total. The quantitative estimate of drug-likeness (QED) is 0.0951. The van der Waals surface area contributed by atoms with E-state index in [9.17, 15) is 19.7 Å². The maximum atomic E-state index is 12.7. The number of carbonyl (C=O) groups excluding carboxylic acids is 2. The maximum Gasteiger partial charge on any atom is 0.251 e. The van der Waals surface area contributed by atoms with E-state index in [-0.39, 0.29) is 12.3 Å². The van der Waals surface area contributed by atoms with Crippen LogP contribution in [0.1, 0.15) is 46.5 Å². The second-order valence-corrected chi connectivity index (χ2v) is 7.56. The molecular formula is C21H33N6O5. The van der Waals surface area contributed by atoms with Gasteiger partial charge < -0.3 is 20.7 Å². The highest BCUT2D eigenvalue weighted by atomic mass is 16.7. The van der Waals surface area contributed by atoms with Gasteiger partial charge in [0.05, 0.1) is 12.6 Å². The smallest absolute Gasteiger partial charge is 0.251 e. The molecule has 1 aromatic rings. The highest BCUT2D eigenvalue weighted by molar-refractivity contribution is 5.89. The lowest BCUT2D eigenvalue weighted by Crippen LogP contribution is -2.59. The van der Waals surface area contributed by atoms with Gasteiger partial charge in [-0.3, -0.25) is 15.0 Å². The first kappa shape index (κ1) is 26.7. The summed E-state index contributed by atoms with van der Waals surface area (Å²) in [6.07, 6.45) is 1.55. The lowest BCUT2D eigenvalue weighted by molar-refractivity contribution is -0.525. The summed E-state index contributed by atoms with van der Waals surface area (Å²) >= 11 is 0. The number of rotatable bonds is 14. The number of benzene rings is 1. The van der Waals surface area contributed by atoms with Crippen LogP contribution in [0.25, 0.3) is 0 Å². The summed E-state index contributed by atoms with van der Waals surface area (Å²) in [5, 5.41) is 25.3. The average Bonchev–Trinajstić information content (AvgIpc) is 2.73. The molecule has 0 aliphatic rings. The zero-order chi connectivity index (χ0) is 23.9. The number of guanidine groups is 1. The van der Waals surface area contributed by atoms with Crippen molar-refractivity contribution in [1.82, 2.24) is 21.4 Å². The molecule has 2 amide bonds. The monoisotopic (exact) mass is 449 g/mol. The van der Waals surface area contributed by atoms with Gasteiger partial charge in [0.15, 0.2) is 5.03 Å². The van der Waals surface area contributed by atoms with Crippen molar-refractivity contribution >= 4 is 17.8 Å². The minimum absolute atomic E-state index is 0.132. The summed E-state index contributed by atoms with van der Waals surface area (Å²) in [7, 11) is 0. The van der Waals surface area contributed by atoms with Crippen LogP contribution in [0.2, 0.25) is 0 Å². The third-order valence-electron chi connectivity index (χ3n) is 4.37. The largest absolute Gasteiger partial charge is 0.494 e. The van der Waals surface area contributed by atoms with Gasteiger partial charge in [-0.25, -0.2) is 10.1 Å². The summed E-state index contributed by atoms with van der Waals surface area (Å²) in [5.74, 6) is -0.354. The molecule has 0 saturated carbocycles. The Morgan fingerprint density at radius 2 is 1.91 bits per heavy atom. The maximum absolute atomic E-state index is 12.7. The van der Waals surface area contributed by atoms with E-state index in [1.54, 1.807) is 18.9 Å². The second-order valence-electron chi connectivity index (χ2n) is 7.56. The number of carbonyl (C=O) groups is 2. The van der Waals surface area contributed by atoms with Crippen LogP contribution in [0.15, 0.2) is 30.3 Å². The van der Waals surface area contributed by atoms with Crippen LogP contribution in [0.4, 0.5) is 0 Å². The van der Waals surface area contributed by atoms with Crippen molar-refractivity contribution in [2.24, 2.45) is 5.92 Å². The van der Waals surface area contributed by atoms with Crippen LogP contribution in [-0.2, 0) is 9.59 Å². The molecule has 11 heteroatoms. The molecule has 1 rings (SSSR count). The fourth-order valence-electron chi connectivity index (χ4n) is 2.75. The molecule has 0 aromatic heterocycles. The van der Waals surface area contributed by atoms with E-state index in [4.69, 9.17) is 10.1 Å². The molecule has 0 fully saturated rings. The Labute approximate surface area is 188 Å². The van der Waals surface area contributed by atoms with Gasteiger partial charge in [0.2, 0.25) is 11.8 Å². The second kappa shape index (κ2) is 14.6. The summed E-state index contributed by atoms with van der Waals surface area (Å²) < 4.78 is 5.57. The molecule has 0 spiro atoms. The number of ether oxygens (including phenoxy) is 1. The van der Waals surface area contributed by atoms with Crippen molar-refractivity contribution in [3.05, 3.63) is 47.0 Å². The van der Waals surface area contributed by atoms with Crippen molar-refractivity contribution in [1.29, 1.82) is 5.41 Å². The SMILES string of the molecule is CCC(NC(=N)N[N+](=O)[O-])[C@H](NC(=O)CCCOc1ccccc1)C(=O)N[CH]CC(C)C. The van der Waals surface area contributed by atoms with Gasteiger partial charge in [0.25, 0.3) is 5.96 Å². The van der Waals surface area contributed by atoms with Crippen molar-refractivity contribution in [2.45, 2.75) is 58.5 Å². The molecular weight excluding hydrogens is 416 g/mol. The molecule has 0 heterocycles. The van der Waals surface area contributed by atoms with Crippen molar-refractivity contribution in [2.75, 3.05) is 6.61 Å². The molecule has 0 bridgehead atoms. The number of nitrogens with zero attached hydrogens (tertiary/aromatic N) is 1. The summed E-state index contributed by atoms with van der Waals surface area (Å²) in [6.45, 7) is 7.70. The Balaban J connectivity index is 2.68. The lowest BCUT2D eigenvalue weighted by atomic mass is 10.0. The number of nitrogens with one attached hydrogen (secondary N) is 5. The molecule has 1 unspecified atom stereocenters. The number of hydrogen-bond acceptors (Lipinski definition) is 6. The molecule has 2 atom stereocenters. The molecule has 0 aliphatic heterocycles. The minimum atomic E-state index is -1.03. The van der Waals surface area contributed by atoms with Crippen molar-refractivity contribution in [3.8, 4) is 5.75 Å². The normalized spacial score (nSPS) is 12.4. The molecule has 5 N–H and O–H groups in total. The van der Waals surface area contributed by atoms with Crippen molar-refractivity contribution in [3.63, 3.8) is 0 Å². The van der Waals surface area contributed by atoms with E-state index < -0.39 is 29.0 Å². The number of para-hydroxylation sites is 1. The van der Waals surface area contributed by atoms with Crippen LogP contribution in [-0.4, -0.2) is 41.5 Å². The van der Waals surface area contributed by atoms with Gasteiger partial charge in [0, 0.05) is 13.0 Å². The van der Waals surface area contributed by atoms with Crippen LogP contribution in [0.5, 0.6) is 5.75 Å². The van der Waals surface area contributed by atoms with Crippen molar-refractivity contribution < 1.29 is 19.4 Å². The summed E-state index contributed by atoms with van der Waals surface area (Å²) in [6, 6.07) is 7.46. The predicted molar refractivity (Wildman–Crippen MR) is 120 cm³/mol. The Kier molecular flexibility index (Phi) is 12.2.